The van der Waals surface area contributed by atoms with Crippen LogP contribution in [0, 0.1) is 0 Å². The largest absolute Gasteiger partial charge is 0.497 e. The van der Waals surface area contributed by atoms with Gasteiger partial charge in [-0.25, -0.2) is 8.42 Å². The number of thioether (sulfide) groups is 1. The number of carbonyl (C=O) groups excluding carboxylic acids is 1. The van der Waals surface area contributed by atoms with E-state index in [2.05, 4.69) is 4.99 Å². The molecule has 2 fully saturated rings. The molecule has 0 unspecified atom stereocenters. The molecule has 2 saturated heterocycles. The average Bonchev–Trinajstić information content (AvgIpc) is 3.24. The minimum atomic E-state index is -3.21. The number of benzene rings is 2. The van der Waals surface area contributed by atoms with Crippen molar-refractivity contribution in [3.8, 4) is 17.2 Å². The average molecular weight is 511 g/mol. The molecule has 2 aliphatic rings. The van der Waals surface area contributed by atoms with Crippen molar-refractivity contribution < 1.29 is 27.4 Å². The number of rotatable bonds is 6. The van der Waals surface area contributed by atoms with E-state index in [1.165, 1.54) is 26.0 Å². The van der Waals surface area contributed by atoms with Gasteiger partial charge in [-0.3, -0.25) is 4.79 Å². The lowest BCUT2D eigenvalue weighted by Crippen LogP contribution is -2.38. The Balaban J connectivity index is 1.70. The third kappa shape index (κ3) is 4.92. The van der Waals surface area contributed by atoms with Gasteiger partial charge in [0, 0.05) is 11.3 Å². The Morgan fingerprint density at radius 3 is 2.42 bits per heavy atom. The van der Waals surface area contributed by atoms with E-state index >= 15 is 0 Å². The molecule has 0 saturated carbocycles. The molecule has 0 spiro atoms. The van der Waals surface area contributed by atoms with Crippen LogP contribution >= 0.6 is 23.4 Å². The van der Waals surface area contributed by atoms with Crippen LogP contribution in [-0.2, 0) is 21.1 Å². The highest BCUT2D eigenvalue weighted by Gasteiger charge is 2.50. The molecule has 8 nitrogen and oxygen atoms in total. The van der Waals surface area contributed by atoms with Crippen LogP contribution < -0.4 is 19.1 Å². The van der Waals surface area contributed by atoms with Gasteiger partial charge in [-0.1, -0.05) is 35.5 Å². The summed E-state index contributed by atoms with van der Waals surface area (Å²) in [6.07, 6.45) is 0.107. The van der Waals surface area contributed by atoms with Crippen molar-refractivity contribution >= 4 is 50.0 Å². The first kappa shape index (κ1) is 23.7. The molecule has 0 bridgehead atoms. The van der Waals surface area contributed by atoms with E-state index in [1.807, 2.05) is 12.1 Å². The van der Waals surface area contributed by atoms with Crippen molar-refractivity contribution in [3.05, 3.63) is 47.0 Å². The van der Waals surface area contributed by atoms with Crippen LogP contribution in [-0.4, -0.2) is 63.6 Å². The Morgan fingerprint density at radius 1 is 1.09 bits per heavy atom. The molecule has 4 rings (SSSR count). The third-order valence-electron chi connectivity index (χ3n) is 5.51. The van der Waals surface area contributed by atoms with Crippen LogP contribution in [0.5, 0.6) is 17.2 Å². The zero-order valence-corrected chi connectivity index (χ0v) is 20.7. The highest BCUT2D eigenvalue weighted by atomic mass is 35.5. The SMILES string of the molecule is COc1ccc(CC(=O)N=C2S[C@H]3CS(=O)(=O)C[C@H]3N2c2cc(Cl)c(OC)cc2OC)cc1. The lowest BCUT2D eigenvalue weighted by molar-refractivity contribution is -0.117. The zero-order chi connectivity index (χ0) is 23.8. The Hall–Kier alpha value is -2.43. The van der Waals surface area contributed by atoms with Crippen LogP contribution in [0.25, 0.3) is 0 Å². The number of nitrogens with zero attached hydrogens (tertiary/aromatic N) is 2. The van der Waals surface area contributed by atoms with Gasteiger partial charge >= 0.3 is 0 Å². The number of anilines is 1. The summed E-state index contributed by atoms with van der Waals surface area (Å²) in [5.74, 6) is 1.22. The molecule has 0 radical (unpaired) electrons. The lowest BCUT2D eigenvalue weighted by Gasteiger charge is -2.26. The fourth-order valence-electron chi connectivity index (χ4n) is 3.94. The van der Waals surface area contributed by atoms with Gasteiger partial charge in [0.25, 0.3) is 5.91 Å². The van der Waals surface area contributed by atoms with Gasteiger partial charge in [0.05, 0.1) is 56.0 Å². The monoisotopic (exact) mass is 510 g/mol. The molecule has 1 amide bonds. The van der Waals surface area contributed by atoms with Crippen LogP contribution in [0.3, 0.4) is 0 Å². The molecule has 2 aliphatic heterocycles. The molecule has 11 heteroatoms. The predicted octanol–water partition coefficient (Wildman–Crippen LogP) is 3.21. The fraction of sp³-hybridized carbons (Fsp3) is 0.364. The molecule has 0 aliphatic carbocycles. The van der Waals surface area contributed by atoms with E-state index in [9.17, 15) is 13.2 Å². The van der Waals surface area contributed by atoms with Crippen LogP contribution in [0.2, 0.25) is 5.02 Å². The van der Waals surface area contributed by atoms with Gasteiger partial charge in [-0.15, -0.1) is 0 Å². The summed E-state index contributed by atoms with van der Waals surface area (Å²) in [6, 6.07) is 10.1. The number of amidine groups is 1. The maximum Gasteiger partial charge on any atom is 0.252 e. The first-order chi connectivity index (χ1) is 15.7. The molecular formula is C22H23ClN2O6S2. The minimum absolute atomic E-state index is 0.0245. The van der Waals surface area contributed by atoms with Crippen molar-refractivity contribution in [3.63, 3.8) is 0 Å². The minimum Gasteiger partial charge on any atom is -0.497 e. The topological polar surface area (TPSA) is 94.5 Å². The molecular weight excluding hydrogens is 488 g/mol. The second kappa shape index (κ2) is 9.44. The molecule has 33 heavy (non-hydrogen) atoms. The van der Waals surface area contributed by atoms with Crippen molar-refractivity contribution in [2.45, 2.75) is 17.7 Å². The number of aliphatic imine (C=N–C) groups is 1. The molecule has 2 aromatic carbocycles. The van der Waals surface area contributed by atoms with E-state index < -0.39 is 9.84 Å². The van der Waals surface area contributed by atoms with E-state index in [4.69, 9.17) is 25.8 Å². The summed E-state index contributed by atoms with van der Waals surface area (Å²) >= 11 is 7.66. The molecule has 2 aromatic rings. The Kier molecular flexibility index (Phi) is 6.78. The van der Waals surface area contributed by atoms with E-state index in [-0.39, 0.29) is 35.1 Å². The fourth-order valence-corrected chi connectivity index (χ4v) is 8.10. The normalized spacial score (nSPS) is 22.3. The van der Waals surface area contributed by atoms with Crippen LogP contribution in [0.1, 0.15) is 5.56 Å². The number of hydrogen-bond acceptors (Lipinski definition) is 7. The summed E-state index contributed by atoms with van der Waals surface area (Å²) < 4.78 is 40.6. The van der Waals surface area contributed by atoms with Gasteiger partial charge in [0.15, 0.2) is 15.0 Å². The maximum atomic E-state index is 12.8. The number of ether oxygens (including phenoxy) is 3. The van der Waals surface area contributed by atoms with Gasteiger partial charge in [-0.05, 0) is 23.8 Å². The summed E-state index contributed by atoms with van der Waals surface area (Å²) in [5.41, 5.74) is 1.34. The van der Waals surface area contributed by atoms with E-state index in [1.54, 1.807) is 36.3 Å². The number of fused-ring (bicyclic) bond motifs is 1. The predicted molar refractivity (Wildman–Crippen MR) is 130 cm³/mol. The first-order valence-corrected chi connectivity index (χ1v) is 13.1. The molecule has 0 aromatic heterocycles. The first-order valence-electron chi connectivity index (χ1n) is 10.1. The van der Waals surface area contributed by atoms with Gasteiger partial charge in [-0.2, -0.15) is 4.99 Å². The Morgan fingerprint density at radius 2 is 1.79 bits per heavy atom. The second-order valence-corrected chi connectivity index (χ2v) is 11.4. The number of methoxy groups -OCH3 is 3. The van der Waals surface area contributed by atoms with Crippen molar-refractivity contribution in [2.24, 2.45) is 4.99 Å². The maximum absolute atomic E-state index is 12.8. The van der Waals surface area contributed by atoms with Crippen molar-refractivity contribution in [1.29, 1.82) is 0 Å². The number of carbonyl (C=O) groups is 1. The molecule has 2 heterocycles. The summed E-state index contributed by atoms with van der Waals surface area (Å²) in [7, 11) is 1.37. The zero-order valence-electron chi connectivity index (χ0n) is 18.3. The van der Waals surface area contributed by atoms with Gasteiger partial charge in [0.2, 0.25) is 0 Å². The highest BCUT2D eigenvalue weighted by molar-refractivity contribution is 8.16. The third-order valence-corrected chi connectivity index (χ3v) is 9.02. The number of halogens is 1. The Bertz CT molecular complexity index is 1200. The van der Waals surface area contributed by atoms with Gasteiger partial charge < -0.3 is 19.1 Å². The van der Waals surface area contributed by atoms with Crippen molar-refractivity contribution in [1.82, 2.24) is 0 Å². The lowest BCUT2D eigenvalue weighted by atomic mass is 10.1. The van der Waals surface area contributed by atoms with Crippen LogP contribution in [0.4, 0.5) is 5.69 Å². The smallest absolute Gasteiger partial charge is 0.252 e. The van der Waals surface area contributed by atoms with E-state index in [0.717, 1.165) is 5.56 Å². The molecule has 0 N–H and O–H groups in total. The Labute approximate surface area is 201 Å². The quantitative estimate of drug-likeness (QED) is 0.584. The van der Waals surface area contributed by atoms with Crippen molar-refractivity contribution in [2.75, 3.05) is 37.7 Å². The number of hydrogen-bond donors (Lipinski definition) is 0. The summed E-state index contributed by atoms with van der Waals surface area (Å²) in [6.45, 7) is 0. The molecule has 176 valence electrons. The standard InChI is InChI=1S/C22H23ClN2O6S2/c1-29-14-6-4-13(5-7-14)8-21(26)24-22-25(17-11-33(27,28)12-20(17)32-22)16-9-15(23)18(30-2)10-19(16)31-3/h4-7,9-10,17,20H,8,11-12H2,1-3H3/t17-,20+/m1/s1. The highest BCUT2D eigenvalue weighted by Crippen LogP contribution is 2.46. The summed E-state index contributed by atoms with van der Waals surface area (Å²) in [5, 5.41) is 0.526. The molecule has 2 atom stereocenters. The summed E-state index contributed by atoms with van der Waals surface area (Å²) in [4.78, 5) is 18.9. The van der Waals surface area contributed by atoms with Gasteiger partial charge in [0.1, 0.15) is 17.2 Å². The number of amides is 1. The van der Waals surface area contributed by atoms with E-state index in [0.29, 0.717) is 33.1 Å². The second-order valence-electron chi connectivity index (χ2n) is 7.64. The van der Waals surface area contributed by atoms with Crippen LogP contribution in [0.15, 0.2) is 41.4 Å². The number of sulfone groups is 1.